The van der Waals surface area contributed by atoms with Gasteiger partial charge in [-0.1, -0.05) is 12.1 Å². The summed E-state index contributed by atoms with van der Waals surface area (Å²) in [5, 5.41) is 6.43. The van der Waals surface area contributed by atoms with E-state index in [1.165, 1.54) is 12.8 Å². The first kappa shape index (κ1) is 19.7. The van der Waals surface area contributed by atoms with Gasteiger partial charge in [0.25, 0.3) is 0 Å². The van der Waals surface area contributed by atoms with Crippen LogP contribution in [-0.2, 0) is 11.3 Å². The highest BCUT2D eigenvalue weighted by molar-refractivity contribution is 5.85. The van der Waals surface area contributed by atoms with Crippen LogP contribution >= 0.6 is 24.8 Å². The number of halogens is 2. The Morgan fingerprint density at radius 2 is 2.17 bits per heavy atom. The predicted octanol–water partition coefficient (Wildman–Crippen LogP) is 2.30. The topological polar surface area (TPSA) is 59.0 Å². The van der Waals surface area contributed by atoms with Crippen LogP contribution in [0.5, 0.6) is 0 Å². The van der Waals surface area contributed by atoms with Crippen LogP contribution in [0.4, 0.5) is 0 Å². The van der Waals surface area contributed by atoms with Crippen LogP contribution in [0.2, 0.25) is 0 Å². The maximum Gasteiger partial charge on any atom is 0.240 e. The summed E-state index contributed by atoms with van der Waals surface area (Å²) < 4.78 is 1.98. The van der Waals surface area contributed by atoms with E-state index in [0.717, 1.165) is 36.5 Å². The summed E-state index contributed by atoms with van der Waals surface area (Å²) in [6.45, 7) is 5.15. The maximum absolute atomic E-state index is 12.2. The lowest BCUT2D eigenvalue weighted by atomic mass is 10.00. The van der Waals surface area contributed by atoms with E-state index in [-0.39, 0.29) is 30.7 Å². The number of imidazole rings is 1. The van der Waals surface area contributed by atoms with Gasteiger partial charge in [0.05, 0.1) is 11.0 Å². The molecule has 1 aromatic carbocycles. The number of carbonyl (C=O) groups is 1. The zero-order chi connectivity index (χ0) is 14.7. The number of aryl methyl sites for hydroxylation is 1. The minimum atomic E-state index is 0. The van der Waals surface area contributed by atoms with E-state index in [2.05, 4.69) is 15.6 Å². The van der Waals surface area contributed by atoms with Gasteiger partial charge in [0.15, 0.2) is 0 Å². The molecule has 1 amide bonds. The number of aromatic nitrogens is 2. The molecular weight excluding hydrogens is 335 g/mol. The summed E-state index contributed by atoms with van der Waals surface area (Å²) in [5.41, 5.74) is 1.96. The highest BCUT2D eigenvalue weighted by Crippen LogP contribution is 2.15. The minimum Gasteiger partial charge on any atom is -0.354 e. The summed E-state index contributed by atoms with van der Waals surface area (Å²) in [6.07, 6.45) is 2.39. The van der Waals surface area contributed by atoms with E-state index in [0.29, 0.717) is 12.5 Å². The van der Waals surface area contributed by atoms with E-state index in [1.807, 2.05) is 35.8 Å². The van der Waals surface area contributed by atoms with Gasteiger partial charge in [-0.3, -0.25) is 4.79 Å². The van der Waals surface area contributed by atoms with Gasteiger partial charge in [0, 0.05) is 6.54 Å². The molecule has 128 valence electrons. The first-order valence-electron chi connectivity index (χ1n) is 7.63. The van der Waals surface area contributed by atoms with E-state index in [1.54, 1.807) is 0 Å². The summed E-state index contributed by atoms with van der Waals surface area (Å²) in [6, 6.07) is 7.93. The standard InChI is InChI=1S/C16H22N4O.2ClH/c1-12-19-14-6-2-3-7-15(14)20(12)11-16(21)18-10-13-5-4-8-17-9-13;;/h2-3,6-7,13,17H,4-5,8-11H2,1H3,(H,18,21);2*1H. The Morgan fingerprint density at radius 3 is 2.91 bits per heavy atom. The Bertz CT molecular complexity index is 638. The molecule has 1 unspecified atom stereocenters. The highest BCUT2D eigenvalue weighted by atomic mass is 35.5. The molecule has 23 heavy (non-hydrogen) atoms. The molecule has 1 atom stereocenters. The molecule has 0 spiro atoms. The van der Waals surface area contributed by atoms with Crippen molar-refractivity contribution in [3.8, 4) is 0 Å². The second-order valence-corrected chi connectivity index (χ2v) is 5.75. The molecule has 2 N–H and O–H groups in total. The Hall–Kier alpha value is -1.30. The van der Waals surface area contributed by atoms with Crippen LogP contribution in [0.25, 0.3) is 11.0 Å². The molecule has 1 aromatic heterocycles. The van der Waals surface area contributed by atoms with Crippen LogP contribution in [0.3, 0.4) is 0 Å². The smallest absolute Gasteiger partial charge is 0.240 e. The maximum atomic E-state index is 12.2. The van der Waals surface area contributed by atoms with Crippen molar-refractivity contribution in [1.29, 1.82) is 0 Å². The van der Waals surface area contributed by atoms with Crippen molar-refractivity contribution in [2.45, 2.75) is 26.3 Å². The van der Waals surface area contributed by atoms with Crippen molar-refractivity contribution in [3.05, 3.63) is 30.1 Å². The van der Waals surface area contributed by atoms with E-state index < -0.39 is 0 Å². The molecule has 1 aliphatic heterocycles. The van der Waals surface area contributed by atoms with E-state index in [9.17, 15) is 4.79 Å². The lowest BCUT2D eigenvalue weighted by Crippen LogP contribution is -2.39. The summed E-state index contributed by atoms with van der Waals surface area (Å²) in [4.78, 5) is 16.7. The first-order valence-corrected chi connectivity index (χ1v) is 7.63. The SMILES string of the molecule is Cc1nc2ccccc2n1CC(=O)NCC1CCCNC1.Cl.Cl. The number of nitrogens with zero attached hydrogens (tertiary/aromatic N) is 2. The molecular formula is C16H24Cl2N4O. The van der Waals surface area contributed by atoms with E-state index >= 15 is 0 Å². The first-order chi connectivity index (χ1) is 10.2. The summed E-state index contributed by atoms with van der Waals surface area (Å²) in [7, 11) is 0. The van der Waals surface area contributed by atoms with Gasteiger partial charge in [-0.25, -0.2) is 4.98 Å². The molecule has 5 nitrogen and oxygen atoms in total. The monoisotopic (exact) mass is 358 g/mol. The Morgan fingerprint density at radius 1 is 1.39 bits per heavy atom. The molecule has 7 heteroatoms. The molecule has 0 saturated carbocycles. The molecule has 2 aromatic rings. The fourth-order valence-electron chi connectivity index (χ4n) is 2.95. The molecule has 1 saturated heterocycles. The lowest BCUT2D eigenvalue weighted by Gasteiger charge is -2.23. The lowest BCUT2D eigenvalue weighted by molar-refractivity contribution is -0.121. The third kappa shape index (κ3) is 4.83. The van der Waals surface area contributed by atoms with Gasteiger partial charge < -0.3 is 15.2 Å². The number of amides is 1. The molecule has 1 aliphatic rings. The number of hydrogen-bond acceptors (Lipinski definition) is 3. The molecule has 1 fully saturated rings. The summed E-state index contributed by atoms with van der Waals surface area (Å²) >= 11 is 0. The fourth-order valence-corrected chi connectivity index (χ4v) is 2.95. The number of nitrogens with one attached hydrogen (secondary N) is 2. The fraction of sp³-hybridized carbons (Fsp3) is 0.500. The Balaban J connectivity index is 0.00000132. The third-order valence-electron chi connectivity index (χ3n) is 4.13. The van der Waals surface area contributed by atoms with Crippen LogP contribution < -0.4 is 10.6 Å². The average molecular weight is 359 g/mol. The van der Waals surface area contributed by atoms with Crippen molar-refractivity contribution < 1.29 is 4.79 Å². The van der Waals surface area contributed by atoms with Gasteiger partial charge in [-0.15, -0.1) is 24.8 Å². The van der Waals surface area contributed by atoms with Gasteiger partial charge in [-0.05, 0) is 50.9 Å². The number of rotatable bonds is 4. The highest BCUT2D eigenvalue weighted by Gasteiger charge is 2.15. The van der Waals surface area contributed by atoms with Crippen molar-refractivity contribution >= 4 is 41.8 Å². The summed E-state index contributed by atoms with van der Waals surface area (Å²) in [5.74, 6) is 1.50. The van der Waals surface area contributed by atoms with Gasteiger partial charge in [-0.2, -0.15) is 0 Å². The van der Waals surface area contributed by atoms with Crippen molar-refractivity contribution in [2.24, 2.45) is 5.92 Å². The largest absolute Gasteiger partial charge is 0.354 e. The number of hydrogen-bond donors (Lipinski definition) is 2. The van der Waals surface area contributed by atoms with Crippen LogP contribution in [0.1, 0.15) is 18.7 Å². The average Bonchev–Trinajstić information content (AvgIpc) is 2.82. The number of para-hydroxylation sites is 2. The number of benzene rings is 1. The molecule has 2 heterocycles. The normalized spacial score (nSPS) is 17.2. The van der Waals surface area contributed by atoms with Gasteiger partial charge >= 0.3 is 0 Å². The zero-order valence-corrected chi connectivity index (χ0v) is 14.9. The zero-order valence-electron chi connectivity index (χ0n) is 13.2. The van der Waals surface area contributed by atoms with Crippen molar-refractivity contribution in [1.82, 2.24) is 20.2 Å². The second kappa shape index (κ2) is 9.11. The molecule has 0 aliphatic carbocycles. The second-order valence-electron chi connectivity index (χ2n) is 5.75. The Kier molecular flexibility index (Phi) is 7.82. The molecule has 3 rings (SSSR count). The third-order valence-corrected chi connectivity index (χ3v) is 4.13. The van der Waals surface area contributed by atoms with Crippen LogP contribution in [-0.4, -0.2) is 35.1 Å². The van der Waals surface area contributed by atoms with Crippen LogP contribution in [0.15, 0.2) is 24.3 Å². The minimum absolute atomic E-state index is 0. The Labute approximate surface area is 149 Å². The number of carbonyl (C=O) groups excluding carboxylic acids is 1. The number of piperidine rings is 1. The van der Waals surface area contributed by atoms with E-state index in [4.69, 9.17) is 0 Å². The quantitative estimate of drug-likeness (QED) is 0.881. The van der Waals surface area contributed by atoms with Gasteiger partial charge in [0.2, 0.25) is 5.91 Å². The number of fused-ring (bicyclic) bond motifs is 1. The molecule has 0 bridgehead atoms. The molecule has 0 radical (unpaired) electrons. The van der Waals surface area contributed by atoms with Gasteiger partial charge in [0.1, 0.15) is 12.4 Å². The predicted molar refractivity (Wildman–Crippen MR) is 97.6 cm³/mol. The van der Waals surface area contributed by atoms with Crippen LogP contribution in [0, 0.1) is 12.8 Å². The van der Waals surface area contributed by atoms with Crippen molar-refractivity contribution in [3.63, 3.8) is 0 Å². The van der Waals surface area contributed by atoms with Crippen molar-refractivity contribution in [2.75, 3.05) is 19.6 Å².